The van der Waals surface area contributed by atoms with Crippen molar-refractivity contribution >= 4 is 17.5 Å². The molecule has 1 aliphatic rings. The van der Waals surface area contributed by atoms with Gasteiger partial charge in [0.25, 0.3) is 5.91 Å². The van der Waals surface area contributed by atoms with Crippen LogP contribution in [0.2, 0.25) is 5.02 Å². The molecule has 1 fully saturated rings. The molecule has 1 heterocycles. The predicted molar refractivity (Wildman–Crippen MR) is 92.6 cm³/mol. The van der Waals surface area contributed by atoms with E-state index in [1.54, 1.807) is 19.2 Å². The zero-order chi connectivity index (χ0) is 17.0. The number of hydrogen-bond acceptors (Lipinski definition) is 3. The van der Waals surface area contributed by atoms with E-state index in [2.05, 4.69) is 20.8 Å². The van der Waals surface area contributed by atoms with Gasteiger partial charge in [-0.25, -0.2) is 0 Å². The molecule has 1 aromatic carbocycles. The number of halogens is 1. The zero-order valence-electron chi connectivity index (χ0n) is 14.4. The second-order valence-corrected chi connectivity index (χ2v) is 7.07. The Kier molecular flexibility index (Phi) is 6.17. The minimum atomic E-state index is 0.00304. The largest absolute Gasteiger partial charge is 0.493 e. The van der Waals surface area contributed by atoms with E-state index in [-0.39, 0.29) is 5.91 Å². The monoisotopic (exact) mass is 339 g/mol. The maximum absolute atomic E-state index is 12.6. The standard InChI is InChI=1S/C18H26ClNO3/c1-12(2)6-8-23-17-15(19)9-14(10-16(17)22-4)18(21)20-7-5-13(3)11-20/h9-10,12-13H,5-8,11H2,1-4H3. The summed E-state index contributed by atoms with van der Waals surface area (Å²) in [5.74, 6) is 2.13. The molecule has 4 nitrogen and oxygen atoms in total. The highest BCUT2D eigenvalue weighted by molar-refractivity contribution is 6.32. The third kappa shape index (κ3) is 4.54. The first kappa shape index (κ1) is 17.9. The van der Waals surface area contributed by atoms with Gasteiger partial charge in [0.05, 0.1) is 18.7 Å². The number of rotatable bonds is 6. The molecule has 1 atom stereocenters. The number of carbonyl (C=O) groups excluding carboxylic acids is 1. The molecule has 1 saturated heterocycles. The van der Waals surface area contributed by atoms with Crippen LogP contribution >= 0.6 is 11.6 Å². The second-order valence-electron chi connectivity index (χ2n) is 6.67. The first-order valence-electron chi connectivity index (χ1n) is 8.22. The molecule has 0 spiro atoms. The van der Waals surface area contributed by atoms with Crippen LogP contribution in [0.25, 0.3) is 0 Å². The first-order valence-corrected chi connectivity index (χ1v) is 8.59. The van der Waals surface area contributed by atoms with E-state index in [4.69, 9.17) is 21.1 Å². The van der Waals surface area contributed by atoms with Gasteiger partial charge in [-0.15, -0.1) is 0 Å². The SMILES string of the molecule is COc1cc(C(=O)N2CCC(C)C2)cc(Cl)c1OCCC(C)C. The molecule has 1 amide bonds. The van der Waals surface area contributed by atoms with E-state index >= 15 is 0 Å². The highest BCUT2D eigenvalue weighted by atomic mass is 35.5. The van der Waals surface area contributed by atoms with Gasteiger partial charge in [-0.05, 0) is 36.8 Å². The predicted octanol–water partition coefficient (Wildman–Crippen LogP) is 4.26. The van der Waals surface area contributed by atoms with Crippen molar-refractivity contribution in [2.45, 2.75) is 33.6 Å². The Balaban J connectivity index is 2.16. The van der Waals surface area contributed by atoms with Crippen molar-refractivity contribution in [2.75, 3.05) is 26.8 Å². The number of nitrogens with zero attached hydrogens (tertiary/aromatic N) is 1. The lowest BCUT2D eigenvalue weighted by atomic mass is 10.1. The van der Waals surface area contributed by atoms with Crippen LogP contribution in [0.15, 0.2) is 12.1 Å². The van der Waals surface area contributed by atoms with Crippen LogP contribution < -0.4 is 9.47 Å². The summed E-state index contributed by atoms with van der Waals surface area (Å²) in [6.45, 7) is 8.61. The smallest absolute Gasteiger partial charge is 0.254 e. The number of ether oxygens (including phenoxy) is 2. The number of hydrogen-bond donors (Lipinski definition) is 0. The minimum Gasteiger partial charge on any atom is -0.493 e. The van der Waals surface area contributed by atoms with E-state index in [1.807, 2.05) is 4.90 Å². The fraction of sp³-hybridized carbons (Fsp3) is 0.611. The summed E-state index contributed by atoms with van der Waals surface area (Å²) in [7, 11) is 1.56. The Morgan fingerprint density at radius 2 is 2.17 bits per heavy atom. The topological polar surface area (TPSA) is 38.8 Å². The van der Waals surface area contributed by atoms with Crippen molar-refractivity contribution in [3.05, 3.63) is 22.7 Å². The van der Waals surface area contributed by atoms with Crippen LogP contribution in [0.4, 0.5) is 0 Å². The quantitative estimate of drug-likeness (QED) is 0.777. The molecule has 0 bridgehead atoms. The van der Waals surface area contributed by atoms with Crippen molar-refractivity contribution < 1.29 is 14.3 Å². The van der Waals surface area contributed by atoms with Gasteiger partial charge in [0, 0.05) is 18.7 Å². The third-order valence-corrected chi connectivity index (χ3v) is 4.41. The normalized spacial score (nSPS) is 17.7. The van der Waals surface area contributed by atoms with Crippen LogP contribution in [0.1, 0.15) is 44.0 Å². The molecule has 0 aromatic heterocycles. The molecule has 1 unspecified atom stereocenters. The van der Waals surface area contributed by atoms with Gasteiger partial charge in [-0.2, -0.15) is 0 Å². The van der Waals surface area contributed by atoms with E-state index in [0.717, 1.165) is 25.9 Å². The van der Waals surface area contributed by atoms with Crippen molar-refractivity contribution in [1.29, 1.82) is 0 Å². The zero-order valence-corrected chi connectivity index (χ0v) is 15.2. The minimum absolute atomic E-state index is 0.00304. The van der Waals surface area contributed by atoms with Gasteiger partial charge in [0.2, 0.25) is 0 Å². The van der Waals surface area contributed by atoms with Crippen LogP contribution in [-0.4, -0.2) is 37.6 Å². The summed E-state index contributed by atoms with van der Waals surface area (Å²) < 4.78 is 11.1. The van der Waals surface area contributed by atoms with E-state index in [0.29, 0.717) is 40.5 Å². The lowest BCUT2D eigenvalue weighted by molar-refractivity contribution is 0.0787. The van der Waals surface area contributed by atoms with Gasteiger partial charge in [-0.1, -0.05) is 32.4 Å². The van der Waals surface area contributed by atoms with Crippen LogP contribution in [0.3, 0.4) is 0 Å². The molecular formula is C18H26ClNO3. The van der Waals surface area contributed by atoms with E-state index in [1.165, 1.54) is 0 Å². The summed E-state index contributed by atoms with van der Waals surface area (Å²) in [6.07, 6.45) is 1.98. The van der Waals surface area contributed by atoms with Gasteiger partial charge >= 0.3 is 0 Å². The molecule has 0 radical (unpaired) electrons. The van der Waals surface area contributed by atoms with E-state index in [9.17, 15) is 4.79 Å². The summed E-state index contributed by atoms with van der Waals surface area (Å²) in [5.41, 5.74) is 0.553. The lowest BCUT2D eigenvalue weighted by Crippen LogP contribution is -2.28. The molecule has 1 aromatic rings. The molecule has 5 heteroatoms. The highest BCUT2D eigenvalue weighted by Crippen LogP contribution is 2.37. The van der Waals surface area contributed by atoms with Crippen molar-refractivity contribution in [3.63, 3.8) is 0 Å². The number of amides is 1. The Labute approximate surface area is 143 Å². The van der Waals surface area contributed by atoms with Gasteiger partial charge < -0.3 is 14.4 Å². The van der Waals surface area contributed by atoms with Gasteiger partial charge in [-0.3, -0.25) is 4.79 Å². The van der Waals surface area contributed by atoms with E-state index < -0.39 is 0 Å². The van der Waals surface area contributed by atoms with Crippen molar-refractivity contribution in [1.82, 2.24) is 4.90 Å². The molecule has 0 N–H and O–H groups in total. The molecule has 0 saturated carbocycles. The Morgan fingerprint density at radius 3 is 2.74 bits per heavy atom. The fourth-order valence-corrected chi connectivity index (χ4v) is 2.95. The number of methoxy groups -OCH3 is 1. The fourth-order valence-electron chi connectivity index (χ4n) is 2.68. The van der Waals surface area contributed by atoms with Gasteiger partial charge in [0.1, 0.15) is 0 Å². The molecule has 23 heavy (non-hydrogen) atoms. The lowest BCUT2D eigenvalue weighted by Gasteiger charge is -2.18. The molecule has 128 valence electrons. The maximum atomic E-state index is 12.6. The van der Waals surface area contributed by atoms with Crippen molar-refractivity contribution in [2.24, 2.45) is 11.8 Å². The van der Waals surface area contributed by atoms with Crippen LogP contribution in [0, 0.1) is 11.8 Å². The molecule has 1 aliphatic heterocycles. The van der Waals surface area contributed by atoms with Gasteiger partial charge in [0.15, 0.2) is 11.5 Å². The third-order valence-electron chi connectivity index (χ3n) is 4.13. The molecule has 0 aliphatic carbocycles. The molecular weight excluding hydrogens is 314 g/mol. The summed E-state index contributed by atoms with van der Waals surface area (Å²) in [6, 6.07) is 3.40. The Morgan fingerprint density at radius 1 is 1.43 bits per heavy atom. The average molecular weight is 340 g/mol. The Bertz CT molecular complexity index is 559. The summed E-state index contributed by atoms with van der Waals surface area (Å²) >= 11 is 6.33. The average Bonchev–Trinajstić information content (AvgIpc) is 2.93. The highest BCUT2D eigenvalue weighted by Gasteiger charge is 2.25. The summed E-state index contributed by atoms with van der Waals surface area (Å²) in [5, 5.41) is 0.420. The van der Waals surface area contributed by atoms with Crippen molar-refractivity contribution in [3.8, 4) is 11.5 Å². The second kappa shape index (κ2) is 7.91. The number of likely N-dealkylation sites (tertiary alicyclic amines) is 1. The van der Waals surface area contributed by atoms with Crippen LogP contribution in [-0.2, 0) is 0 Å². The summed E-state index contributed by atoms with van der Waals surface area (Å²) in [4.78, 5) is 14.5. The number of carbonyl (C=O) groups is 1. The molecule has 2 rings (SSSR count). The first-order chi connectivity index (χ1) is 10.9. The maximum Gasteiger partial charge on any atom is 0.254 e. The Hall–Kier alpha value is -1.42. The number of benzene rings is 1. The van der Waals surface area contributed by atoms with Crippen LogP contribution in [0.5, 0.6) is 11.5 Å².